The summed E-state index contributed by atoms with van der Waals surface area (Å²) in [5, 5.41) is 6.38. The van der Waals surface area contributed by atoms with Crippen molar-refractivity contribution in [1.82, 2.24) is 24.5 Å². The number of amides is 1. The fraction of sp³-hybridized carbons (Fsp3) is 0.474. The van der Waals surface area contributed by atoms with E-state index >= 15 is 0 Å². The number of aryl methyl sites for hydroxylation is 1. The van der Waals surface area contributed by atoms with Crippen LogP contribution < -0.4 is 4.90 Å². The van der Waals surface area contributed by atoms with Crippen molar-refractivity contribution in [3.63, 3.8) is 0 Å². The molecule has 0 unspecified atom stereocenters. The van der Waals surface area contributed by atoms with Gasteiger partial charge in [0.2, 0.25) is 5.91 Å². The topological polar surface area (TPSA) is 75.9 Å². The third-order valence-electron chi connectivity index (χ3n) is 5.44. The van der Waals surface area contributed by atoms with E-state index in [0.29, 0.717) is 31.9 Å². The van der Waals surface area contributed by atoms with Gasteiger partial charge in [0.1, 0.15) is 18.2 Å². The van der Waals surface area contributed by atoms with E-state index < -0.39 is 0 Å². The van der Waals surface area contributed by atoms with E-state index in [1.165, 1.54) is 16.8 Å². The van der Waals surface area contributed by atoms with Crippen molar-refractivity contribution in [2.45, 2.75) is 25.9 Å². The van der Waals surface area contributed by atoms with Crippen molar-refractivity contribution in [3.8, 4) is 0 Å². The van der Waals surface area contributed by atoms with Crippen LogP contribution in [0.15, 0.2) is 23.8 Å². The number of fused-ring (bicyclic) bond motifs is 2. The van der Waals surface area contributed by atoms with Gasteiger partial charge in [-0.25, -0.2) is 4.98 Å². The number of thiophene rings is 1. The molecule has 1 atom stereocenters. The average Bonchev–Trinajstić information content (AvgIpc) is 3.37. The van der Waals surface area contributed by atoms with Gasteiger partial charge in [0.05, 0.1) is 13.0 Å². The molecule has 0 bridgehead atoms. The van der Waals surface area contributed by atoms with Crippen LogP contribution >= 0.6 is 11.3 Å². The summed E-state index contributed by atoms with van der Waals surface area (Å²) < 4.78 is 7.66. The Labute approximate surface area is 166 Å². The highest BCUT2D eigenvalue weighted by molar-refractivity contribution is 7.10. The molecular formula is C19H22N6O2S. The smallest absolute Gasteiger partial charge is 0.254 e. The first-order chi connectivity index (χ1) is 13.7. The normalized spacial score (nSPS) is 19.8. The first-order valence-electron chi connectivity index (χ1n) is 9.57. The summed E-state index contributed by atoms with van der Waals surface area (Å²) in [6.45, 7) is 5.58. The molecule has 1 amide bonds. The van der Waals surface area contributed by atoms with Crippen LogP contribution in [0, 0.1) is 6.92 Å². The van der Waals surface area contributed by atoms with Crippen LogP contribution in [-0.2, 0) is 16.0 Å². The largest absolute Gasteiger partial charge is 0.372 e. The van der Waals surface area contributed by atoms with Gasteiger partial charge >= 0.3 is 0 Å². The van der Waals surface area contributed by atoms with E-state index in [-0.39, 0.29) is 12.0 Å². The van der Waals surface area contributed by atoms with Gasteiger partial charge < -0.3 is 14.5 Å². The SMILES string of the molecule is Cc1cc(N2CCN(C(=O)C[C@H]3OCCc4ccsc43)CC2)n2ncnc2n1. The molecule has 1 saturated heterocycles. The van der Waals surface area contributed by atoms with Crippen LogP contribution in [-0.4, -0.2) is 63.2 Å². The van der Waals surface area contributed by atoms with Gasteiger partial charge in [-0.1, -0.05) is 0 Å². The number of hydrogen-bond acceptors (Lipinski definition) is 7. The zero-order valence-corrected chi connectivity index (χ0v) is 16.6. The fourth-order valence-electron chi connectivity index (χ4n) is 3.98. The number of carbonyl (C=O) groups excluding carboxylic acids is 1. The Morgan fingerprint density at radius 1 is 1.32 bits per heavy atom. The van der Waals surface area contributed by atoms with Gasteiger partial charge in [0.25, 0.3) is 5.78 Å². The maximum absolute atomic E-state index is 12.9. The summed E-state index contributed by atoms with van der Waals surface area (Å²) >= 11 is 1.70. The number of ether oxygens (including phenoxy) is 1. The monoisotopic (exact) mass is 398 g/mol. The zero-order chi connectivity index (χ0) is 19.1. The van der Waals surface area contributed by atoms with Gasteiger partial charge in [0, 0.05) is 42.8 Å². The number of anilines is 1. The summed E-state index contributed by atoms with van der Waals surface area (Å²) in [6.07, 6.45) is 2.81. The van der Waals surface area contributed by atoms with E-state index in [9.17, 15) is 4.79 Å². The Kier molecular flexibility index (Phi) is 4.48. The van der Waals surface area contributed by atoms with Crippen LogP contribution in [0.25, 0.3) is 5.78 Å². The highest BCUT2D eigenvalue weighted by atomic mass is 32.1. The molecule has 2 aliphatic heterocycles. The zero-order valence-electron chi connectivity index (χ0n) is 15.7. The minimum absolute atomic E-state index is 0.0908. The third kappa shape index (κ3) is 3.14. The van der Waals surface area contributed by atoms with Crippen molar-refractivity contribution >= 4 is 28.8 Å². The van der Waals surface area contributed by atoms with E-state index in [1.807, 2.05) is 17.9 Å². The summed E-state index contributed by atoms with van der Waals surface area (Å²) in [7, 11) is 0. The minimum Gasteiger partial charge on any atom is -0.372 e. The van der Waals surface area contributed by atoms with Gasteiger partial charge in [-0.05, 0) is 30.4 Å². The third-order valence-corrected chi connectivity index (χ3v) is 6.49. The summed E-state index contributed by atoms with van der Waals surface area (Å²) in [4.78, 5) is 26.9. The van der Waals surface area contributed by atoms with Crippen LogP contribution in [0.5, 0.6) is 0 Å². The highest BCUT2D eigenvalue weighted by Crippen LogP contribution is 2.34. The summed E-state index contributed by atoms with van der Waals surface area (Å²) in [6, 6.07) is 4.17. The molecule has 146 valence electrons. The Morgan fingerprint density at radius 2 is 2.18 bits per heavy atom. The molecule has 0 spiro atoms. The number of nitrogens with zero attached hydrogens (tertiary/aromatic N) is 6. The van der Waals surface area contributed by atoms with Crippen LogP contribution in [0.4, 0.5) is 5.82 Å². The predicted molar refractivity (Wildman–Crippen MR) is 106 cm³/mol. The van der Waals surface area contributed by atoms with E-state index in [2.05, 4.69) is 31.4 Å². The average molecular weight is 398 g/mol. The minimum atomic E-state index is -0.0908. The molecular weight excluding hydrogens is 376 g/mol. The second-order valence-corrected chi connectivity index (χ2v) is 8.17. The molecule has 9 heteroatoms. The van der Waals surface area contributed by atoms with Crippen molar-refractivity contribution in [2.75, 3.05) is 37.7 Å². The quantitative estimate of drug-likeness (QED) is 0.670. The van der Waals surface area contributed by atoms with Crippen molar-refractivity contribution in [2.24, 2.45) is 0 Å². The number of carbonyl (C=O) groups is 1. The molecule has 5 rings (SSSR count). The molecule has 0 N–H and O–H groups in total. The molecule has 8 nitrogen and oxygen atoms in total. The molecule has 3 aromatic heterocycles. The van der Waals surface area contributed by atoms with Gasteiger partial charge in [-0.15, -0.1) is 11.3 Å². The Bertz CT molecular complexity index is 1010. The Balaban J connectivity index is 1.25. The molecule has 1 fully saturated rings. The molecule has 0 aliphatic carbocycles. The first-order valence-corrected chi connectivity index (χ1v) is 10.4. The van der Waals surface area contributed by atoms with Crippen molar-refractivity contribution < 1.29 is 9.53 Å². The van der Waals surface area contributed by atoms with Gasteiger partial charge in [0.15, 0.2) is 0 Å². The fourth-order valence-corrected chi connectivity index (χ4v) is 4.99. The lowest BCUT2D eigenvalue weighted by atomic mass is 10.0. The number of aromatic nitrogens is 4. The number of hydrogen-bond donors (Lipinski definition) is 0. The van der Waals surface area contributed by atoms with E-state index in [4.69, 9.17) is 4.74 Å². The first kappa shape index (κ1) is 17.6. The highest BCUT2D eigenvalue weighted by Gasteiger charge is 2.29. The standard InChI is InChI=1S/C19H22N6O2S/c1-13-10-16(25-19(22-13)20-12-21-25)23-4-6-24(7-5-23)17(26)11-15-18-14(2-8-27-15)3-9-28-18/h3,9-10,12,15H,2,4-8,11H2,1H3/t15-/m1/s1. The van der Waals surface area contributed by atoms with Crippen LogP contribution in [0.1, 0.15) is 28.7 Å². The molecule has 3 aromatic rings. The predicted octanol–water partition coefficient (Wildman–Crippen LogP) is 1.85. The Hall–Kier alpha value is -2.52. The molecule has 0 aromatic carbocycles. The lowest BCUT2D eigenvalue weighted by Gasteiger charge is -2.36. The van der Waals surface area contributed by atoms with E-state index in [1.54, 1.807) is 15.9 Å². The summed E-state index contributed by atoms with van der Waals surface area (Å²) in [5.41, 5.74) is 2.25. The lowest BCUT2D eigenvalue weighted by Crippen LogP contribution is -2.49. The van der Waals surface area contributed by atoms with Crippen LogP contribution in [0.2, 0.25) is 0 Å². The maximum atomic E-state index is 12.9. The van der Waals surface area contributed by atoms with Gasteiger partial charge in [-0.2, -0.15) is 14.6 Å². The molecule has 2 aliphatic rings. The Morgan fingerprint density at radius 3 is 3.04 bits per heavy atom. The molecule has 0 saturated carbocycles. The van der Waals surface area contributed by atoms with Crippen molar-refractivity contribution in [3.05, 3.63) is 40.0 Å². The van der Waals surface area contributed by atoms with Crippen LogP contribution in [0.3, 0.4) is 0 Å². The van der Waals surface area contributed by atoms with E-state index in [0.717, 1.165) is 31.0 Å². The van der Waals surface area contributed by atoms with Crippen molar-refractivity contribution in [1.29, 1.82) is 0 Å². The second-order valence-electron chi connectivity index (χ2n) is 7.22. The molecule has 28 heavy (non-hydrogen) atoms. The molecule has 0 radical (unpaired) electrons. The number of piperazine rings is 1. The molecule has 5 heterocycles. The second kappa shape index (κ2) is 7.14. The number of rotatable bonds is 3. The maximum Gasteiger partial charge on any atom is 0.254 e. The van der Waals surface area contributed by atoms with Gasteiger partial charge in [-0.3, -0.25) is 4.79 Å². The lowest BCUT2D eigenvalue weighted by molar-refractivity contribution is -0.134. The summed E-state index contributed by atoms with van der Waals surface area (Å²) in [5.74, 6) is 1.75.